The van der Waals surface area contributed by atoms with Gasteiger partial charge in [-0.05, 0) is 30.7 Å². The lowest BCUT2D eigenvalue weighted by molar-refractivity contribution is 0.112. The Bertz CT molecular complexity index is 702. The van der Waals surface area contributed by atoms with Crippen LogP contribution in [0.4, 0.5) is 0 Å². The molecule has 0 fully saturated rings. The fourth-order valence-corrected chi connectivity index (χ4v) is 2.17. The van der Waals surface area contributed by atoms with Crippen molar-refractivity contribution in [2.45, 2.75) is 11.8 Å². The zero-order valence-corrected chi connectivity index (χ0v) is 10.8. The van der Waals surface area contributed by atoms with Crippen LogP contribution < -0.4 is 0 Å². The van der Waals surface area contributed by atoms with Gasteiger partial charge in [0.15, 0.2) is 9.84 Å². The van der Waals surface area contributed by atoms with E-state index in [4.69, 9.17) is 0 Å². The van der Waals surface area contributed by atoms with E-state index in [0.29, 0.717) is 5.56 Å². The second-order valence-electron chi connectivity index (χ2n) is 4.06. The van der Waals surface area contributed by atoms with Crippen LogP contribution in [0.5, 0.6) is 0 Å². The average Bonchev–Trinajstić information content (AvgIpc) is 2.77. The number of aryl methyl sites for hydroxylation is 1. The van der Waals surface area contributed by atoms with Crippen LogP contribution in [0.25, 0.3) is 5.69 Å². The van der Waals surface area contributed by atoms with Crippen molar-refractivity contribution in [2.24, 2.45) is 0 Å². The molecule has 0 amide bonds. The van der Waals surface area contributed by atoms with Gasteiger partial charge >= 0.3 is 0 Å². The topological polar surface area (TPSA) is 69.0 Å². The molecular weight excluding hydrogens is 252 g/mol. The number of aldehydes is 1. The highest BCUT2D eigenvalue weighted by Gasteiger charge is 2.11. The predicted molar refractivity (Wildman–Crippen MR) is 66.8 cm³/mol. The Balaban J connectivity index is 2.50. The SMILES string of the molecule is Cc1cc(C=O)ccc1-n1cc(S(C)(=O)=O)cn1. The summed E-state index contributed by atoms with van der Waals surface area (Å²) < 4.78 is 24.2. The van der Waals surface area contributed by atoms with Crippen LogP contribution in [0.2, 0.25) is 0 Å². The first-order chi connectivity index (χ1) is 8.41. The molecule has 0 atom stereocenters. The highest BCUT2D eigenvalue weighted by molar-refractivity contribution is 7.90. The number of rotatable bonds is 3. The molecule has 0 aliphatic carbocycles. The highest BCUT2D eigenvalue weighted by atomic mass is 32.2. The zero-order valence-electron chi connectivity index (χ0n) is 9.99. The first-order valence-corrected chi connectivity index (χ1v) is 7.12. The van der Waals surface area contributed by atoms with Crippen molar-refractivity contribution in [3.8, 4) is 5.69 Å². The third-order valence-corrected chi connectivity index (χ3v) is 3.66. The third kappa shape index (κ3) is 2.33. The Morgan fingerprint density at radius 2 is 2.06 bits per heavy atom. The van der Waals surface area contributed by atoms with Crippen molar-refractivity contribution in [3.63, 3.8) is 0 Å². The van der Waals surface area contributed by atoms with Crippen LogP contribution in [0, 0.1) is 6.92 Å². The average molecular weight is 264 g/mol. The summed E-state index contributed by atoms with van der Waals surface area (Å²) in [7, 11) is -3.26. The molecule has 0 aliphatic rings. The number of hydrogen-bond acceptors (Lipinski definition) is 4. The van der Waals surface area contributed by atoms with E-state index in [2.05, 4.69) is 5.10 Å². The van der Waals surface area contributed by atoms with E-state index in [1.807, 2.05) is 6.92 Å². The number of carbonyl (C=O) groups is 1. The molecule has 94 valence electrons. The molecule has 5 nitrogen and oxygen atoms in total. The monoisotopic (exact) mass is 264 g/mol. The van der Waals surface area contributed by atoms with Crippen molar-refractivity contribution >= 4 is 16.1 Å². The van der Waals surface area contributed by atoms with E-state index in [-0.39, 0.29) is 4.90 Å². The molecule has 2 rings (SSSR count). The minimum Gasteiger partial charge on any atom is -0.298 e. The smallest absolute Gasteiger partial charge is 0.178 e. The van der Waals surface area contributed by atoms with Gasteiger partial charge in [0, 0.05) is 18.0 Å². The highest BCUT2D eigenvalue weighted by Crippen LogP contribution is 2.16. The van der Waals surface area contributed by atoms with Crippen LogP contribution in [-0.4, -0.2) is 30.7 Å². The summed E-state index contributed by atoms with van der Waals surface area (Å²) in [5.41, 5.74) is 2.17. The Kier molecular flexibility index (Phi) is 3.04. The quantitative estimate of drug-likeness (QED) is 0.786. The van der Waals surface area contributed by atoms with Crippen LogP contribution in [0.1, 0.15) is 15.9 Å². The molecule has 0 N–H and O–H groups in total. The van der Waals surface area contributed by atoms with Gasteiger partial charge in [0.25, 0.3) is 0 Å². The molecular formula is C12H12N2O3S. The van der Waals surface area contributed by atoms with Gasteiger partial charge in [-0.1, -0.05) is 0 Å². The van der Waals surface area contributed by atoms with Gasteiger partial charge in [0.2, 0.25) is 0 Å². The molecule has 0 aliphatic heterocycles. The van der Waals surface area contributed by atoms with Crippen molar-refractivity contribution in [1.29, 1.82) is 0 Å². The van der Waals surface area contributed by atoms with Gasteiger partial charge in [0.1, 0.15) is 11.2 Å². The summed E-state index contributed by atoms with van der Waals surface area (Å²) in [6.45, 7) is 1.84. The summed E-state index contributed by atoms with van der Waals surface area (Å²) in [4.78, 5) is 10.8. The lowest BCUT2D eigenvalue weighted by Crippen LogP contribution is -1.99. The number of aromatic nitrogens is 2. The largest absolute Gasteiger partial charge is 0.298 e. The lowest BCUT2D eigenvalue weighted by Gasteiger charge is -2.05. The molecule has 0 saturated carbocycles. The third-order valence-electron chi connectivity index (χ3n) is 2.59. The summed E-state index contributed by atoms with van der Waals surface area (Å²) in [5, 5.41) is 4.02. The maximum absolute atomic E-state index is 11.4. The molecule has 1 heterocycles. The molecule has 2 aromatic rings. The fourth-order valence-electron chi connectivity index (χ4n) is 1.64. The standard InChI is InChI=1S/C12H12N2O3S/c1-9-5-10(8-15)3-4-12(9)14-7-11(6-13-14)18(2,16)17/h3-8H,1-2H3. The number of hydrogen-bond donors (Lipinski definition) is 0. The molecule has 18 heavy (non-hydrogen) atoms. The molecule has 0 radical (unpaired) electrons. The number of sulfone groups is 1. The number of carbonyl (C=O) groups excluding carboxylic acids is 1. The van der Waals surface area contributed by atoms with Gasteiger partial charge in [-0.25, -0.2) is 13.1 Å². The summed E-state index contributed by atoms with van der Waals surface area (Å²) in [6.07, 6.45) is 4.67. The Labute approximate surface area is 105 Å². The molecule has 1 aromatic carbocycles. The van der Waals surface area contributed by atoms with Crippen LogP contribution in [-0.2, 0) is 9.84 Å². The predicted octanol–water partition coefficient (Wildman–Crippen LogP) is 1.40. The summed E-state index contributed by atoms with van der Waals surface area (Å²) in [6, 6.07) is 5.12. The van der Waals surface area contributed by atoms with Crippen molar-refractivity contribution in [1.82, 2.24) is 9.78 Å². The Morgan fingerprint density at radius 1 is 1.33 bits per heavy atom. The Hall–Kier alpha value is -1.95. The van der Waals surface area contributed by atoms with Gasteiger partial charge in [0.05, 0.1) is 11.9 Å². The molecule has 6 heteroatoms. The molecule has 0 spiro atoms. The van der Waals surface area contributed by atoms with Crippen molar-refractivity contribution < 1.29 is 13.2 Å². The second kappa shape index (κ2) is 4.38. The first-order valence-electron chi connectivity index (χ1n) is 5.23. The van der Waals surface area contributed by atoms with Crippen LogP contribution >= 0.6 is 0 Å². The van der Waals surface area contributed by atoms with Gasteiger partial charge in [-0.3, -0.25) is 4.79 Å². The first kappa shape index (κ1) is 12.5. The van der Waals surface area contributed by atoms with Gasteiger partial charge in [-0.15, -0.1) is 0 Å². The molecule has 1 aromatic heterocycles. The second-order valence-corrected chi connectivity index (χ2v) is 6.07. The van der Waals surface area contributed by atoms with E-state index in [1.54, 1.807) is 18.2 Å². The number of benzene rings is 1. The minimum absolute atomic E-state index is 0.168. The molecule has 0 unspecified atom stereocenters. The lowest BCUT2D eigenvalue weighted by atomic mass is 10.1. The van der Waals surface area contributed by atoms with E-state index < -0.39 is 9.84 Å². The summed E-state index contributed by atoms with van der Waals surface area (Å²) >= 11 is 0. The van der Waals surface area contributed by atoms with Crippen molar-refractivity contribution in [3.05, 3.63) is 41.7 Å². The minimum atomic E-state index is -3.26. The van der Waals surface area contributed by atoms with E-state index >= 15 is 0 Å². The normalized spacial score (nSPS) is 11.4. The van der Waals surface area contributed by atoms with Crippen molar-refractivity contribution in [2.75, 3.05) is 6.26 Å². The van der Waals surface area contributed by atoms with Gasteiger partial charge in [-0.2, -0.15) is 5.10 Å². The zero-order chi connectivity index (χ0) is 13.3. The van der Waals surface area contributed by atoms with E-state index in [1.165, 1.54) is 17.1 Å². The van der Waals surface area contributed by atoms with E-state index in [9.17, 15) is 13.2 Å². The maximum Gasteiger partial charge on any atom is 0.178 e. The molecule has 0 bridgehead atoms. The fraction of sp³-hybridized carbons (Fsp3) is 0.167. The Morgan fingerprint density at radius 3 is 2.56 bits per heavy atom. The molecule has 0 saturated heterocycles. The van der Waals surface area contributed by atoms with Gasteiger partial charge < -0.3 is 0 Å². The maximum atomic E-state index is 11.4. The summed E-state index contributed by atoms with van der Waals surface area (Å²) in [5.74, 6) is 0. The van der Waals surface area contributed by atoms with Crippen LogP contribution in [0.3, 0.4) is 0 Å². The van der Waals surface area contributed by atoms with Crippen LogP contribution in [0.15, 0.2) is 35.5 Å². The van der Waals surface area contributed by atoms with E-state index in [0.717, 1.165) is 23.8 Å². The number of nitrogens with zero attached hydrogens (tertiary/aromatic N) is 2.